The van der Waals surface area contributed by atoms with Crippen molar-refractivity contribution >= 4 is 29.9 Å². The smallest absolute Gasteiger partial charge is 0.194 e. The van der Waals surface area contributed by atoms with Crippen LogP contribution in [0.15, 0.2) is 35.5 Å². The zero-order valence-corrected chi connectivity index (χ0v) is 18.2. The average Bonchev–Trinajstić information content (AvgIpc) is 2.64. The fourth-order valence-corrected chi connectivity index (χ4v) is 3.42. The molecule has 0 spiro atoms. The van der Waals surface area contributed by atoms with Crippen molar-refractivity contribution in [1.82, 2.24) is 15.2 Å². The SMILES string of the molecule is CN=C(NCc1ncc(C)c(OC)c1C)N1CCc2ccccc2C1.I. The summed E-state index contributed by atoms with van der Waals surface area (Å²) in [5.74, 6) is 1.82. The molecule has 6 heteroatoms. The molecule has 140 valence electrons. The number of guanidine groups is 1. The van der Waals surface area contributed by atoms with Crippen molar-refractivity contribution in [3.8, 4) is 5.75 Å². The molecule has 1 aromatic carbocycles. The van der Waals surface area contributed by atoms with Gasteiger partial charge < -0.3 is 15.0 Å². The Morgan fingerprint density at radius 3 is 2.69 bits per heavy atom. The lowest BCUT2D eigenvalue weighted by molar-refractivity contribution is 0.378. The number of aliphatic imine (C=N–C) groups is 1. The van der Waals surface area contributed by atoms with Crippen molar-refractivity contribution in [3.05, 3.63) is 58.4 Å². The van der Waals surface area contributed by atoms with E-state index < -0.39 is 0 Å². The van der Waals surface area contributed by atoms with Crippen molar-refractivity contribution < 1.29 is 4.74 Å². The van der Waals surface area contributed by atoms with Crippen LogP contribution in [0.3, 0.4) is 0 Å². The minimum atomic E-state index is 0. The van der Waals surface area contributed by atoms with E-state index in [1.54, 1.807) is 7.11 Å². The number of methoxy groups -OCH3 is 1. The first-order chi connectivity index (χ1) is 12.1. The maximum Gasteiger partial charge on any atom is 0.194 e. The van der Waals surface area contributed by atoms with E-state index >= 15 is 0 Å². The number of ether oxygens (including phenoxy) is 1. The van der Waals surface area contributed by atoms with Crippen molar-refractivity contribution in [1.29, 1.82) is 0 Å². The van der Waals surface area contributed by atoms with E-state index in [1.165, 1.54) is 11.1 Å². The van der Waals surface area contributed by atoms with Gasteiger partial charge in [0.1, 0.15) is 5.75 Å². The van der Waals surface area contributed by atoms with E-state index in [2.05, 4.69) is 51.4 Å². The summed E-state index contributed by atoms with van der Waals surface area (Å²) in [5.41, 5.74) is 5.94. The summed E-state index contributed by atoms with van der Waals surface area (Å²) in [7, 11) is 3.54. The second kappa shape index (κ2) is 9.21. The molecule has 2 heterocycles. The van der Waals surface area contributed by atoms with E-state index in [0.717, 1.165) is 48.0 Å². The second-order valence-corrected chi connectivity index (χ2v) is 6.39. The first-order valence-electron chi connectivity index (χ1n) is 8.65. The van der Waals surface area contributed by atoms with Crippen LogP contribution in [0.1, 0.15) is 27.9 Å². The predicted molar refractivity (Wildman–Crippen MR) is 116 cm³/mol. The number of rotatable bonds is 3. The summed E-state index contributed by atoms with van der Waals surface area (Å²) in [6.07, 6.45) is 2.91. The Hall–Kier alpha value is -1.83. The minimum absolute atomic E-state index is 0. The van der Waals surface area contributed by atoms with Crippen LogP contribution in [0, 0.1) is 13.8 Å². The van der Waals surface area contributed by atoms with Crippen LogP contribution >= 0.6 is 24.0 Å². The van der Waals surface area contributed by atoms with E-state index in [9.17, 15) is 0 Å². The number of pyridine rings is 1. The Labute approximate surface area is 172 Å². The molecule has 1 N–H and O–H groups in total. The molecular formula is C20H27IN4O. The van der Waals surface area contributed by atoms with Gasteiger partial charge in [-0.1, -0.05) is 24.3 Å². The quantitative estimate of drug-likeness (QED) is 0.428. The predicted octanol–water partition coefficient (Wildman–Crippen LogP) is 3.46. The lowest BCUT2D eigenvalue weighted by atomic mass is 10.0. The number of halogens is 1. The van der Waals surface area contributed by atoms with Crippen LogP contribution in [0.5, 0.6) is 5.75 Å². The summed E-state index contributed by atoms with van der Waals surface area (Å²) >= 11 is 0. The highest BCUT2D eigenvalue weighted by Gasteiger charge is 2.19. The number of hydrogen-bond acceptors (Lipinski definition) is 3. The van der Waals surface area contributed by atoms with Gasteiger partial charge in [0.25, 0.3) is 0 Å². The molecule has 0 saturated heterocycles. The van der Waals surface area contributed by atoms with E-state index in [0.29, 0.717) is 6.54 Å². The van der Waals surface area contributed by atoms with E-state index in [-0.39, 0.29) is 24.0 Å². The second-order valence-electron chi connectivity index (χ2n) is 6.39. The van der Waals surface area contributed by atoms with Gasteiger partial charge in [-0.3, -0.25) is 9.98 Å². The van der Waals surface area contributed by atoms with Gasteiger partial charge in [0, 0.05) is 37.5 Å². The van der Waals surface area contributed by atoms with Gasteiger partial charge in [-0.25, -0.2) is 0 Å². The summed E-state index contributed by atoms with van der Waals surface area (Å²) in [5, 5.41) is 3.46. The third-order valence-electron chi connectivity index (χ3n) is 4.81. The number of nitrogens with zero attached hydrogens (tertiary/aromatic N) is 3. The number of fused-ring (bicyclic) bond motifs is 1. The number of aromatic nitrogens is 1. The molecule has 0 unspecified atom stereocenters. The monoisotopic (exact) mass is 466 g/mol. The highest BCUT2D eigenvalue weighted by atomic mass is 127. The van der Waals surface area contributed by atoms with Gasteiger partial charge in [0.15, 0.2) is 5.96 Å². The van der Waals surface area contributed by atoms with Gasteiger partial charge in [-0.2, -0.15) is 0 Å². The standard InChI is InChI=1S/C20H26N4O.HI/c1-14-11-22-18(15(2)19(14)25-4)12-23-20(21-3)24-10-9-16-7-5-6-8-17(16)13-24;/h5-8,11H,9-10,12-13H2,1-4H3,(H,21,23);1H. The normalized spacial score (nSPS) is 13.7. The summed E-state index contributed by atoms with van der Waals surface area (Å²) < 4.78 is 5.50. The molecule has 2 aromatic rings. The van der Waals surface area contributed by atoms with Crippen molar-refractivity contribution in [2.24, 2.45) is 4.99 Å². The van der Waals surface area contributed by atoms with Crippen molar-refractivity contribution in [2.75, 3.05) is 20.7 Å². The number of nitrogens with one attached hydrogen (secondary N) is 1. The minimum Gasteiger partial charge on any atom is -0.496 e. The topological polar surface area (TPSA) is 49.8 Å². The molecule has 1 aliphatic heterocycles. The van der Waals surface area contributed by atoms with Crippen molar-refractivity contribution in [2.45, 2.75) is 33.4 Å². The Morgan fingerprint density at radius 2 is 2.00 bits per heavy atom. The largest absolute Gasteiger partial charge is 0.496 e. The number of benzene rings is 1. The molecule has 1 aliphatic rings. The van der Waals surface area contributed by atoms with Gasteiger partial charge in [0.2, 0.25) is 0 Å². The van der Waals surface area contributed by atoms with Gasteiger partial charge in [-0.05, 0) is 31.4 Å². The molecule has 0 radical (unpaired) electrons. The maximum absolute atomic E-state index is 5.50. The molecule has 3 rings (SSSR count). The van der Waals surface area contributed by atoms with Crippen molar-refractivity contribution in [3.63, 3.8) is 0 Å². The fraction of sp³-hybridized carbons (Fsp3) is 0.400. The molecule has 0 atom stereocenters. The summed E-state index contributed by atoms with van der Waals surface area (Å²) in [6, 6.07) is 8.63. The first kappa shape index (κ1) is 20.5. The Balaban J connectivity index is 0.00000243. The zero-order valence-electron chi connectivity index (χ0n) is 15.9. The lowest BCUT2D eigenvalue weighted by Crippen LogP contribution is -2.43. The molecule has 0 saturated carbocycles. The first-order valence-corrected chi connectivity index (χ1v) is 8.65. The molecule has 0 fully saturated rings. The molecular weight excluding hydrogens is 439 g/mol. The van der Waals surface area contributed by atoms with Crippen LogP contribution in [0.2, 0.25) is 0 Å². The lowest BCUT2D eigenvalue weighted by Gasteiger charge is -2.31. The number of aryl methyl sites for hydroxylation is 1. The fourth-order valence-electron chi connectivity index (χ4n) is 3.42. The van der Waals surface area contributed by atoms with Crippen LogP contribution in [0.4, 0.5) is 0 Å². The van der Waals surface area contributed by atoms with Gasteiger partial charge in [0.05, 0.1) is 19.3 Å². The van der Waals surface area contributed by atoms with Crippen LogP contribution in [-0.4, -0.2) is 36.5 Å². The van der Waals surface area contributed by atoms with Gasteiger partial charge >= 0.3 is 0 Å². The van der Waals surface area contributed by atoms with Crippen LogP contribution in [-0.2, 0) is 19.5 Å². The van der Waals surface area contributed by atoms with Crippen LogP contribution < -0.4 is 10.1 Å². The van der Waals surface area contributed by atoms with Gasteiger partial charge in [-0.15, -0.1) is 24.0 Å². The zero-order chi connectivity index (χ0) is 17.8. The Morgan fingerprint density at radius 1 is 1.27 bits per heavy atom. The third kappa shape index (κ3) is 4.28. The Kier molecular flexibility index (Phi) is 7.25. The highest BCUT2D eigenvalue weighted by Crippen LogP contribution is 2.24. The third-order valence-corrected chi connectivity index (χ3v) is 4.81. The molecule has 26 heavy (non-hydrogen) atoms. The average molecular weight is 466 g/mol. The summed E-state index contributed by atoms with van der Waals surface area (Å²) in [4.78, 5) is 11.3. The highest BCUT2D eigenvalue weighted by molar-refractivity contribution is 14.0. The molecule has 0 aliphatic carbocycles. The Bertz CT molecular complexity index is 791. The molecule has 0 amide bonds. The number of hydrogen-bond donors (Lipinski definition) is 1. The van der Waals surface area contributed by atoms with E-state index in [1.807, 2.05) is 20.2 Å². The van der Waals surface area contributed by atoms with E-state index in [4.69, 9.17) is 4.74 Å². The summed E-state index contributed by atoms with van der Waals surface area (Å²) in [6.45, 7) is 6.56. The molecule has 0 bridgehead atoms. The van der Waals surface area contributed by atoms with Crippen LogP contribution in [0.25, 0.3) is 0 Å². The molecule has 1 aromatic heterocycles. The maximum atomic E-state index is 5.50. The molecule has 5 nitrogen and oxygen atoms in total.